The Balaban J connectivity index is 1.58. The largest absolute Gasteiger partial charge is 0.496 e. The van der Waals surface area contributed by atoms with Crippen molar-refractivity contribution in [2.24, 2.45) is 5.41 Å². The van der Waals surface area contributed by atoms with Crippen molar-refractivity contribution in [2.75, 3.05) is 33.3 Å². The van der Waals surface area contributed by atoms with E-state index < -0.39 is 0 Å². The van der Waals surface area contributed by atoms with Crippen molar-refractivity contribution >= 4 is 5.91 Å². The third kappa shape index (κ3) is 3.56. The Kier molecular flexibility index (Phi) is 4.87. The quantitative estimate of drug-likeness (QED) is 0.898. The molecule has 5 heteroatoms. The smallest absolute Gasteiger partial charge is 0.253 e. The maximum atomic E-state index is 13.7. The third-order valence-corrected chi connectivity index (χ3v) is 5.97. The van der Waals surface area contributed by atoms with Crippen LogP contribution in [0.3, 0.4) is 0 Å². The SMILES string of the molecule is COc1ccc(F)cc1-c1cccc(C(=O)N2CCC3(CCNCC3)C2)c1. The van der Waals surface area contributed by atoms with E-state index in [2.05, 4.69) is 5.32 Å². The van der Waals surface area contributed by atoms with Crippen molar-refractivity contribution in [3.8, 4) is 16.9 Å². The number of likely N-dealkylation sites (tertiary alicyclic amines) is 1. The van der Waals surface area contributed by atoms with Crippen molar-refractivity contribution in [3.05, 3.63) is 53.8 Å². The standard InChI is InChI=1S/C22H25FN2O2/c1-27-20-6-5-18(23)14-19(20)16-3-2-4-17(13-16)21(26)25-12-9-22(15-25)7-10-24-11-8-22/h2-6,13-14,24H,7-12,15H2,1H3. The molecule has 2 fully saturated rings. The van der Waals surface area contributed by atoms with Gasteiger partial charge in [-0.2, -0.15) is 0 Å². The highest BCUT2D eigenvalue weighted by atomic mass is 19.1. The van der Waals surface area contributed by atoms with Gasteiger partial charge in [-0.05, 0) is 73.7 Å². The van der Waals surface area contributed by atoms with Gasteiger partial charge in [0.1, 0.15) is 11.6 Å². The van der Waals surface area contributed by atoms with Crippen LogP contribution in [0.2, 0.25) is 0 Å². The van der Waals surface area contributed by atoms with Gasteiger partial charge >= 0.3 is 0 Å². The summed E-state index contributed by atoms with van der Waals surface area (Å²) in [6.45, 7) is 3.72. The van der Waals surface area contributed by atoms with Crippen LogP contribution < -0.4 is 10.1 Å². The topological polar surface area (TPSA) is 41.6 Å². The summed E-state index contributed by atoms with van der Waals surface area (Å²) < 4.78 is 19.1. The zero-order valence-electron chi connectivity index (χ0n) is 15.6. The van der Waals surface area contributed by atoms with Gasteiger partial charge in [-0.15, -0.1) is 0 Å². The van der Waals surface area contributed by atoms with Crippen LogP contribution in [0.25, 0.3) is 11.1 Å². The fourth-order valence-corrected chi connectivity index (χ4v) is 4.38. The van der Waals surface area contributed by atoms with E-state index in [1.807, 2.05) is 29.2 Å². The normalized spacial score (nSPS) is 18.7. The van der Waals surface area contributed by atoms with Gasteiger partial charge in [0.05, 0.1) is 7.11 Å². The molecular weight excluding hydrogens is 343 g/mol. The van der Waals surface area contributed by atoms with E-state index in [9.17, 15) is 9.18 Å². The number of rotatable bonds is 3. The lowest BCUT2D eigenvalue weighted by Gasteiger charge is -2.33. The van der Waals surface area contributed by atoms with E-state index in [1.165, 1.54) is 12.1 Å². The molecule has 1 spiro atoms. The summed E-state index contributed by atoms with van der Waals surface area (Å²) in [5.74, 6) is 0.327. The van der Waals surface area contributed by atoms with E-state index in [0.717, 1.165) is 51.0 Å². The number of carbonyl (C=O) groups is 1. The molecule has 2 aliphatic heterocycles. The molecule has 27 heavy (non-hydrogen) atoms. The molecule has 142 valence electrons. The molecule has 4 nitrogen and oxygen atoms in total. The lowest BCUT2D eigenvalue weighted by atomic mass is 9.78. The third-order valence-electron chi connectivity index (χ3n) is 5.97. The summed E-state index contributed by atoms with van der Waals surface area (Å²) in [6, 6.07) is 11.8. The van der Waals surface area contributed by atoms with E-state index in [-0.39, 0.29) is 17.1 Å². The Morgan fingerprint density at radius 3 is 2.74 bits per heavy atom. The number of piperidine rings is 1. The summed E-state index contributed by atoms with van der Waals surface area (Å²) in [4.78, 5) is 15.1. The Bertz CT molecular complexity index is 846. The minimum atomic E-state index is -0.324. The number of nitrogens with one attached hydrogen (secondary N) is 1. The molecule has 2 aliphatic rings. The molecule has 0 aromatic heterocycles. The number of hydrogen-bond donors (Lipinski definition) is 1. The summed E-state index contributed by atoms with van der Waals surface area (Å²) in [5.41, 5.74) is 2.37. The number of ether oxygens (including phenoxy) is 1. The molecule has 0 saturated carbocycles. The van der Waals surface area contributed by atoms with Gasteiger partial charge in [0, 0.05) is 24.2 Å². The summed E-state index contributed by atoms with van der Waals surface area (Å²) >= 11 is 0. The molecular formula is C22H25FN2O2. The first kappa shape index (κ1) is 18.0. The molecule has 1 N–H and O–H groups in total. The van der Waals surface area contributed by atoms with E-state index in [1.54, 1.807) is 13.2 Å². The monoisotopic (exact) mass is 368 g/mol. The molecule has 0 radical (unpaired) electrons. The van der Waals surface area contributed by atoms with Crippen LogP contribution in [-0.2, 0) is 0 Å². The van der Waals surface area contributed by atoms with Crippen LogP contribution in [-0.4, -0.2) is 44.1 Å². The lowest BCUT2D eigenvalue weighted by molar-refractivity contribution is 0.0762. The first-order chi connectivity index (χ1) is 13.1. The Labute approximate surface area is 159 Å². The number of methoxy groups -OCH3 is 1. The second-order valence-electron chi connectivity index (χ2n) is 7.65. The lowest BCUT2D eigenvalue weighted by Crippen LogP contribution is -2.39. The van der Waals surface area contributed by atoms with Crippen molar-refractivity contribution < 1.29 is 13.9 Å². The molecule has 2 heterocycles. The van der Waals surface area contributed by atoms with Crippen LogP contribution in [0, 0.1) is 11.2 Å². The van der Waals surface area contributed by atoms with Gasteiger partial charge in [0.2, 0.25) is 0 Å². The van der Waals surface area contributed by atoms with Gasteiger partial charge in [-0.25, -0.2) is 4.39 Å². The van der Waals surface area contributed by atoms with Crippen molar-refractivity contribution in [2.45, 2.75) is 19.3 Å². The molecule has 0 atom stereocenters. The van der Waals surface area contributed by atoms with Crippen LogP contribution in [0.5, 0.6) is 5.75 Å². The minimum Gasteiger partial charge on any atom is -0.496 e. The van der Waals surface area contributed by atoms with E-state index >= 15 is 0 Å². The number of hydrogen-bond acceptors (Lipinski definition) is 3. The van der Waals surface area contributed by atoms with Gasteiger partial charge in [-0.3, -0.25) is 4.79 Å². The number of halogens is 1. The summed E-state index contributed by atoms with van der Waals surface area (Å²) in [7, 11) is 1.56. The Morgan fingerprint density at radius 1 is 1.15 bits per heavy atom. The van der Waals surface area contributed by atoms with Gasteiger partial charge in [-0.1, -0.05) is 12.1 Å². The van der Waals surface area contributed by atoms with Crippen LogP contribution >= 0.6 is 0 Å². The number of nitrogens with zero attached hydrogens (tertiary/aromatic N) is 1. The average Bonchev–Trinajstić information content (AvgIpc) is 3.11. The fraction of sp³-hybridized carbons (Fsp3) is 0.409. The van der Waals surface area contributed by atoms with Crippen molar-refractivity contribution in [1.29, 1.82) is 0 Å². The van der Waals surface area contributed by atoms with E-state index in [0.29, 0.717) is 16.9 Å². The first-order valence-corrected chi connectivity index (χ1v) is 9.54. The first-order valence-electron chi connectivity index (χ1n) is 9.54. The fourth-order valence-electron chi connectivity index (χ4n) is 4.38. The van der Waals surface area contributed by atoms with Crippen molar-refractivity contribution in [3.63, 3.8) is 0 Å². The van der Waals surface area contributed by atoms with E-state index in [4.69, 9.17) is 4.74 Å². The number of carbonyl (C=O) groups excluding carboxylic acids is 1. The maximum Gasteiger partial charge on any atom is 0.253 e. The number of amides is 1. The second kappa shape index (κ2) is 7.31. The van der Waals surface area contributed by atoms with Gasteiger partial charge in [0.25, 0.3) is 5.91 Å². The highest BCUT2D eigenvalue weighted by Gasteiger charge is 2.40. The predicted molar refractivity (Wildman–Crippen MR) is 103 cm³/mol. The second-order valence-corrected chi connectivity index (χ2v) is 7.65. The average molecular weight is 368 g/mol. The predicted octanol–water partition coefficient (Wildman–Crippen LogP) is 3.72. The van der Waals surface area contributed by atoms with Crippen LogP contribution in [0.15, 0.2) is 42.5 Å². The molecule has 0 aliphatic carbocycles. The van der Waals surface area contributed by atoms with Gasteiger partial charge in [0.15, 0.2) is 0 Å². The summed E-state index contributed by atoms with van der Waals surface area (Å²) in [5, 5.41) is 3.41. The highest BCUT2D eigenvalue weighted by molar-refractivity contribution is 5.96. The van der Waals surface area contributed by atoms with Crippen LogP contribution in [0.1, 0.15) is 29.6 Å². The Hall–Kier alpha value is -2.40. The molecule has 2 saturated heterocycles. The minimum absolute atomic E-state index is 0.0580. The zero-order valence-corrected chi connectivity index (χ0v) is 15.6. The van der Waals surface area contributed by atoms with Crippen molar-refractivity contribution in [1.82, 2.24) is 10.2 Å². The molecule has 2 aromatic rings. The molecule has 4 rings (SSSR count). The molecule has 1 amide bonds. The van der Waals surface area contributed by atoms with Gasteiger partial charge < -0.3 is 15.0 Å². The zero-order chi connectivity index (χ0) is 18.9. The molecule has 0 bridgehead atoms. The number of benzene rings is 2. The van der Waals surface area contributed by atoms with Crippen LogP contribution in [0.4, 0.5) is 4.39 Å². The Morgan fingerprint density at radius 2 is 1.96 bits per heavy atom. The molecule has 0 unspecified atom stereocenters. The molecule has 2 aromatic carbocycles. The maximum absolute atomic E-state index is 13.7. The highest BCUT2D eigenvalue weighted by Crippen LogP contribution is 2.39. The summed E-state index contributed by atoms with van der Waals surface area (Å²) in [6.07, 6.45) is 3.35.